The lowest BCUT2D eigenvalue weighted by atomic mass is 10.5. The van der Waals surface area contributed by atoms with E-state index in [-0.39, 0.29) is 18.1 Å². The predicted octanol–water partition coefficient (Wildman–Crippen LogP) is 1.14. The number of hydrogen-bond donors (Lipinski definition) is 0. The number of rotatable bonds is 7. The third-order valence-electron chi connectivity index (χ3n) is 1.47. The van der Waals surface area contributed by atoms with Gasteiger partial charge in [-0.15, -0.1) is 0 Å². The van der Waals surface area contributed by atoms with Crippen LogP contribution in [0, 0.1) is 0 Å². The molecule has 0 aliphatic rings. The molecule has 0 amide bonds. The SMILES string of the molecule is CCCOS(=O)(=O)CC.CCOS(=O)(=O)CC. The summed E-state index contributed by atoms with van der Waals surface area (Å²) in [6, 6.07) is 0. The fourth-order valence-electron chi connectivity index (χ4n) is 0.557. The Balaban J connectivity index is 0. The van der Waals surface area contributed by atoms with E-state index in [1.807, 2.05) is 6.92 Å². The van der Waals surface area contributed by atoms with E-state index in [2.05, 4.69) is 8.37 Å². The van der Waals surface area contributed by atoms with Crippen LogP contribution in [0.4, 0.5) is 0 Å². The van der Waals surface area contributed by atoms with Crippen molar-refractivity contribution in [3.8, 4) is 0 Å². The van der Waals surface area contributed by atoms with Gasteiger partial charge in [-0.3, -0.25) is 8.37 Å². The third kappa shape index (κ3) is 13.8. The van der Waals surface area contributed by atoms with Crippen molar-refractivity contribution in [2.45, 2.75) is 34.1 Å². The van der Waals surface area contributed by atoms with Gasteiger partial charge < -0.3 is 0 Å². The summed E-state index contributed by atoms with van der Waals surface area (Å²) in [6.45, 7) is 7.15. The molecule has 0 aliphatic carbocycles. The molecule has 0 fully saturated rings. The Labute approximate surface area is 105 Å². The van der Waals surface area contributed by atoms with Gasteiger partial charge in [0.25, 0.3) is 20.2 Å². The Kier molecular flexibility index (Phi) is 11.1. The first kappa shape index (κ1) is 19.2. The zero-order chi connectivity index (χ0) is 13.9. The van der Waals surface area contributed by atoms with E-state index >= 15 is 0 Å². The van der Waals surface area contributed by atoms with Crippen molar-refractivity contribution in [1.29, 1.82) is 0 Å². The quantitative estimate of drug-likeness (QED) is 0.653. The first-order valence-electron chi connectivity index (χ1n) is 5.48. The topological polar surface area (TPSA) is 86.7 Å². The average molecular weight is 290 g/mol. The van der Waals surface area contributed by atoms with Crippen molar-refractivity contribution >= 4 is 20.2 Å². The summed E-state index contributed by atoms with van der Waals surface area (Å²) in [4.78, 5) is 0. The summed E-state index contributed by atoms with van der Waals surface area (Å²) < 4.78 is 50.7. The zero-order valence-corrected chi connectivity index (χ0v) is 12.4. The second-order valence-electron chi connectivity index (χ2n) is 2.92. The van der Waals surface area contributed by atoms with Crippen LogP contribution in [0.3, 0.4) is 0 Å². The summed E-state index contributed by atoms with van der Waals surface area (Å²) in [5, 5.41) is 0. The molecule has 0 aliphatic heterocycles. The smallest absolute Gasteiger partial charge is 0.267 e. The second kappa shape index (κ2) is 9.81. The van der Waals surface area contributed by atoms with Gasteiger partial charge in [-0.2, -0.15) is 16.8 Å². The minimum atomic E-state index is -3.18. The van der Waals surface area contributed by atoms with Crippen molar-refractivity contribution in [2.75, 3.05) is 24.7 Å². The van der Waals surface area contributed by atoms with Gasteiger partial charge >= 0.3 is 0 Å². The highest BCUT2D eigenvalue weighted by atomic mass is 32.2. The van der Waals surface area contributed by atoms with Gasteiger partial charge in [0, 0.05) is 0 Å². The molecule has 6 nitrogen and oxygen atoms in total. The van der Waals surface area contributed by atoms with Crippen LogP contribution in [0.2, 0.25) is 0 Å². The Bertz CT molecular complexity index is 357. The van der Waals surface area contributed by atoms with Crippen molar-refractivity contribution in [2.24, 2.45) is 0 Å². The minimum Gasteiger partial charge on any atom is -0.270 e. The summed E-state index contributed by atoms with van der Waals surface area (Å²) in [6.07, 6.45) is 0.735. The minimum absolute atomic E-state index is 0.0564. The molecule has 0 aromatic heterocycles. The Morgan fingerprint density at radius 1 is 0.765 bits per heavy atom. The van der Waals surface area contributed by atoms with Gasteiger partial charge in [-0.05, 0) is 27.2 Å². The van der Waals surface area contributed by atoms with Gasteiger partial charge in [0.15, 0.2) is 0 Å². The standard InChI is InChI=1S/C5H12O3S.C4H10O3S/c1-3-5-8-9(6,7)4-2;1-3-7-8(5,6)4-2/h3-5H2,1-2H3;3-4H2,1-2H3. The molecule has 0 aromatic rings. The van der Waals surface area contributed by atoms with Crippen molar-refractivity contribution in [3.63, 3.8) is 0 Å². The van der Waals surface area contributed by atoms with Crippen molar-refractivity contribution in [1.82, 2.24) is 0 Å². The lowest BCUT2D eigenvalue weighted by Crippen LogP contribution is -2.08. The van der Waals surface area contributed by atoms with Crippen LogP contribution in [-0.2, 0) is 28.6 Å². The molecule has 8 heteroatoms. The molecule has 0 N–H and O–H groups in total. The molecule has 0 aromatic carbocycles. The maximum absolute atomic E-state index is 10.5. The molecular formula is C9H22O6S2. The summed E-state index contributed by atoms with van der Waals surface area (Å²) >= 11 is 0. The maximum Gasteiger partial charge on any atom is 0.267 e. The lowest BCUT2D eigenvalue weighted by Gasteiger charge is -1.98. The normalized spacial score (nSPS) is 11.8. The van der Waals surface area contributed by atoms with Crippen molar-refractivity contribution in [3.05, 3.63) is 0 Å². The largest absolute Gasteiger partial charge is 0.270 e. The van der Waals surface area contributed by atoms with Gasteiger partial charge in [0.1, 0.15) is 0 Å². The molecule has 0 atom stereocenters. The molecule has 0 spiro atoms. The molecule has 17 heavy (non-hydrogen) atoms. The second-order valence-corrected chi connectivity index (χ2v) is 6.78. The number of hydrogen-bond acceptors (Lipinski definition) is 6. The highest BCUT2D eigenvalue weighted by molar-refractivity contribution is 7.86. The lowest BCUT2D eigenvalue weighted by molar-refractivity contribution is 0.319. The fourth-order valence-corrected chi connectivity index (χ4v) is 1.67. The van der Waals surface area contributed by atoms with Crippen LogP contribution >= 0.6 is 0 Å². The van der Waals surface area contributed by atoms with Gasteiger partial charge in [0.05, 0.1) is 24.7 Å². The monoisotopic (exact) mass is 290 g/mol. The van der Waals surface area contributed by atoms with Crippen LogP contribution in [0.5, 0.6) is 0 Å². The molecule has 0 heterocycles. The zero-order valence-electron chi connectivity index (χ0n) is 10.8. The maximum atomic E-state index is 10.5. The summed E-state index contributed by atoms with van der Waals surface area (Å²) in [5.74, 6) is 0.119. The summed E-state index contributed by atoms with van der Waals surface area (Å²) in [5.41, 5.74) is 0. The fraction of sp³-hybridized carbons (Fsp3) is 1.00. The van der Waals surface area contributed by atoms with Gasteiger partial charge in [-0.25, -0.2) is 0 Å². The molecule has 0 radical (unpaired) electrons. The van der Waals surface area contributed by atoms with Gasteiger partial charge in [0.2, 0.25) is 0 Å². The van der Waals surface area contributed by atoms with Crippen LogP contribution in [0.1, 0.15) is 34.1 Å². The molecule has 106 valence electrons. The van der Waals surface area contributed by atoms with E-state index in [4.69, 9.17) is 0 Å². The van der Waals surface area contributed by atoms with Crippen LogP contribution in [0.25, 0.3) is 0 Å². The highest BCUT2D eigenvalue weighted by Crippen LogP contribution is 1.92. The van der Waals surface area contributed by atoms with E-state index in [0.717, 1.165) is 6.42 Å². The molecule has 0 saturated carbocycles. The van der Waals surface area contributed by atoms with Crippen LogP contribution < -0.4 is 0 Å². The predicted molar refractivity (Wildman–Crippen MR) is 66.8 cm³/mol. The van der Waals surface area contributed by atoms with Gasteiger partial charge in [-0.1, -0.05) is 6.92 Å². The molecule has 0 saturated heterocycles. The van der Waals surface area contributed by atoms with E-state index in [0.29, 0.717) is 6.61 Å². The van der Waals surface area contributed by atoms with Crippen molar-refractivity contribution < 1.29 is 25.2 Å². The average Bonchev–Trinajstić information content (AvgIpc) is 2.27. The summed E-state index contributed by atoms with van der Waals surface area (Å²) in [7, 11) is -6.35. The first-order valence-corrected chi connectivity index (χ1v) is 8.64. The highest BCUT2D eigenvalue weighted by Gasteiger charge is 2.04. The van der Waals surface area contributed by atoms with E-state index < -0.39 is 20.2 Å². The Morgan fingerprint density at radius 3 is 1.41 bits per heavy atom. The third-order valence-corrected chi connectivity index (χ3v) is 4.01. The molecule has 0 rings (SSSR count). The molecule has 0 bridgehead atoms. The molecule has 0 unspecified atom stereocenters. The van der Waals surface area contributed by atoms with Crippen LogP contribution in [-0.4, -0.2) is 41.6 Å². The van der Waals surface area contributed by atoms with E-state index in [9.17, 15) is 16.8 Å². The Morgan fingerprint density at radius 2 is 1.18 bits per heavy atom. The van der Waals surface area contributed by atoms with E-state index in [1.165, 1.54) is 0 Å². The van der Waals surface area contributed by atoms with E-state index in [1.54, 1.807) is 20.8 Å². The first-order chi connectivity index (χ1) is 7.74. The van der Waals surface area contributed by atoms with Crippen LogP contribution in [0.15, 0.2) is 0 Å². The molecular weight excluding hydrogens is 268 g/mol. The Hall–Kier alpha value is -0.180.